The highest BCUT2D eigenvalue weighted by molar-refractivity contribution is 5.87. The van der Waals surface area contributed by atoms with Crippen molar-refractivity contribution in [2.24, 2.45) is 0 Å². The first-order valence-electron chi connectivity index (χ1n) is 11.1. The quantitative estimate of drug-likeness (QED) is 0.522. The maximum Gasteiger partial charge on any atom is 0.255 e. The molecule has 0 amide bonds. The number of methoxy groups -OCH3 is 1. The minimum atomic E-state index is -0.129. The van der Waals surface area contributed by atoms with E-state index in [1.54, 1.807) is 23.9 Å². The monoisotopic (exact) mass is 430 g/mol. The SMILES string of the molecule is COc1cc(C)ccc1-c1ccn(-c2ccc(NCCN3CCCC3)c(C=N)c2)c(=O)c1. The van der Waals surface area contributed by atoms with Gasteiger partial charge >= 0.3 is 0 Å². The Hall–Kier alpha value is -3.38. The topological polar surface area (TPSA) is 70.3 Å². The first kappa shape index (κ1) is 21.8. The summed E-state index contributed by atoms with van der Waals surface area (Å²) in [4.78, 5) is 15.4. The average molecular weight is 431 g/mol. The molecule has 2 heterocycles. The Labute approximate surface area is 189 Å². The van der Waals surface area contributed by atoms with Crippen molar-refractivity contribution in [3.8, 4) is 22.6 Å². The molecule has 0 atom stereocenters. The average Bonchev–Trinajstić information content (AvgIpc) is 3.32. The summed E-state index contributed by atoms with van der Waals surface area (Å²) in [5.74, 6) is 0.748. The van der Waals surface area contributed by atoms with Gasteiger partial charge < -0.3 is 20.4 Å². The van der Waals surface area contributed by atoms with Crippen LogP contribution in [0.25, 0.3) is 16.8 Å². The lowest BCUT2D eigenvalue weighted by Crippen LogP contribution is -2.26. The smallest absolute Gasteiger partial charge is 0.255 e. The van der Waals surface area contributed by atoms with E-state index in [9.17, 15) is 4.79 Å². The second kappa shape index (κ2) is 9.83. The fraction of sp³-hybridized carbons (Fsp3) is 0.308. The Morgan fingerprint density at radius 2 is 1.91 bits per heavy atom. The summed E-state index contributed by atoms with van der Waals surface area (Å²) >= 11 is 0. The molecule has 1 aliphatic rings. The van der Waals surface area contributed by atoms with Crippen LogP contribution < -0.4 is 15.6 Å². The molecule has 0 radical (unpaired) electrons. The van der Waals surface area contributed by atoms with Gasteiger partial charge in [-0.15, -0.1) is 0 Å². The number of hydrogen-bond acceptors (Lipinski definition) is 5. The number of nitrogens with zero attached hydrogens (tertiary/aromatic N) is 2. The molecule has 1 aliphatic heterocycles. The molecule has 0 aliphatic carbocycles. The molecule has 2 N–H and O–H groups in total. The molecule has 32 heavy (non-hydrogen) atoms. The van der Waals surface area contributed by atoms with Crippen LogP contribution in [0.1, 0.15) is 24.0 Å². The van der Waals surface area contributed by atoms with Gasteiger partial charge in [0, 0.05) is 54.1 Å². The van der Waals surface area contributed by atoms with E-state index >= 15 is 0 Å². The van der Waals surface area contributed by atoms with E-state index in [4.69, 9.17) is 10.1 Å². The Morgan fingerprint density at radius 1 is 1.09 bits per heavy atom. The summed E-state index contributed by atoms with van der Waals surface area (Å²) in [6, 6.07) is 15.2. The van der Waals surface area contributed by atoms with Crippen LogP contribution in [-0.2, 0) is 0 Å². The summed E-state index contributed by atoms with van der Waals surface area (Å²) in [7, 11) is 1.64. The molecule has 2 aromatic carbocycles. The van der Waals surface area contributed by atoms with Gasteiger partial charge in [0.05, 0.1) is 7.11 Å². The second-order valence-electron chi connectivity index (χ2n) is 8.22. The van der Waals surface area contributed by atoms with Crippen LogP contribution in [0.5, 0.6) is 5.75 Å². The zero-order valence-corrected chi connectivity index (χ0v) is 18.7. The zero-order chi connectivity index (χ0) is 22.5. The van der Waals surface area contributed by atoms with E-state index in [-0.39, 0.29) is 5.56 Å². The molecular weight excluding hydrogens is 400 g/mol. The van der Waals surface area contributed by atoms with Crippen molar-refractivity contribution in [2.75, 3.05) is 38.6 Å². The highest BCUT2D eigenvalue weighted by Crippen LogP contribution is 2.30. The van der Waals surface area contributed by atoms with Crippen LogP contribution in [0.2, 0.25) is 0 Å². The van der Waals surface area contributed by atoms with Crippen molar-refractivity contribution in [1.82, 2.24) is 9.47 Å². The third-order valence-corrected chi connectivity index (χ3v) is 6.00. The standard InChI is InChI=1S/C26H30N4O2/c1-19-5-7-23(25(15-19)32-2)20-9-13-30(26(31)17-20)22-6-8-24(21(16-22)18-27)28-10-14-29-11-3-4-12-29/h5-9,13,15-18,27-28H,3-4,10-12,14H2,1-2H3. The van der Waals surface area contributed by atoms with Gasteiger partial charge in [-0.05, 0) is 74.3 Å². The van der Waals surface area contributed by atoms with Crippen LogP contribution >= 0.6 is 0 Å². The predicted molar refractivity (Wildman–Crippen MR) is 131 cm³/mol. The van der Waals surface area contributed by atoms with Crippen LogP contribution in [0, 0.1) is 12.3 Å². The number of aryl methyl sites for hydroxylation is 1. The third-order valence-electron chi connectivity index (χ3n) is 6.00. The minimum Gasteiger partial charge on any atom is -0.496 e. The lowest BCUT2D eigenvalue weighted by molar-refractivity contribution is 0.352. The van der Waals surface area contributed by atoms with Crippen molar-refractivity contribution < 1.29 is 4.74 Å². The molecule has 3 aromatic rings. The van der Waals surface area contributed by atoms with E-state index in [2.05, 4.69) is 10.2 Å². The highest BCUT2D eigenvalue weighted by Gasteiger charge is 2.12. The molecule has 4 rings (SSSR count). The number of rotatable bonds is 8. The van der Waals surface area contributed by atoms with Crippen molar-refractivity contribution in [3.63, 3.8) is 0 Å². The first-order chi connectivity index (χ1) is 15.6. The minimum absolute atomic E-state index is 0.129. The maximum atomic E-state index is 12.9. The normalized spacial score (nSPS) is 13.8. The molecule has 6 heteroatoms. The largest absolute Gasteiger partial charge is 0.496 e. The van der Waals surface area contributed by atoms with Gasteiger partial charge in [-0.3, -0.25) is 9.36 Å². The second-order valence-corrected chi connectivity index (χ2v) is 8.22. The number of anilines is 1. The first-order valence-corrected chi connectivity index (χ1v) is 11.1. The Balaban J connectivity index is 1.55. The number of aromatic nitrogens is 1. The van der Waals surface area contributed by atoms with Gasteiger partial charge in [-0.2, -0.15) is 0 Å². The highest BCUT2D eigenvalue weighted by atomic mass is 16.5. The van der Waals surface area contributed by atoms with Gasteiger partial charge in [0.1, 0.15) is 5.75 Å². The van der Waals surface area contributed by atoms with Crippen LogP contribution in [-0.4, -0.2) is 49.0 Å². The van der Waals surface area contributed by atoms with Gasteiger partial charge in [0.25, 0.3) is 5.56 Å². The maximum absolute atomic E-state index is 12.9. The third kappa shape index (κ3) is 4.75. The van der Waals surface area contributed by atoms with E-state index in [1.165, 1.54) is 32.1 Å². The molecular formula is C26H30N4O2. The predicted octanol–water partition coefficient (Wildman–Crippen LogP) is 4.33. The van der Waals surface area contributed by atoms with Crippen molar-refractivity contribution in [1.29, 1.82) is 5.41 Å². The van der Waals surface area contributed by atoms with Gasteiger partial charge in [0.15, 0.2) is 0 Å². The number of nitrogens with one attached hydrogen (secondary N) is 2. The van der Waals surface area contributed by atoms with E-state index < -0.39 is 0 Å². The van der Waals surface area contributed by atoms with Gasteiger partial charge in [-0.25, -0.2) is 0 Å². The molecule has 1 aromatic heterocycles. The van der Waals surface area contributed by atoms with Crippen molar-refractivity contribution in [3.05, 3.63) is 76.2 Å². The van der Waals surface area contributed by atoms with E-state index in [1.807, 2.05) is 49.4 Å². The molecule has 0 bridgehead atoms. The van der Waals surface area contributed by atoms with Crippen LogP contribution in [0.15, 0.2) is 59.5 Å². The lowest BCUT2D eigenvalue weighted by atomic mass is 10.0. The molecule has 1 saturated heterocycles. The molecule has 1 fully saturated rings. The van der Waals surface area contributed by atoms with E-state index in [0.717, 1.165) is 52.5 Å². The van der Waals surface area contributed by atoms with Crippen LogP contribution in [0.3, 0.4) is 0 Å². The number of likely N-dealkylation sites (tertiary alicyclic amines) is 1. The summed E-state index contributed by atoms with van der Waals surface area (Å²) in [6.07, 6.45) is 5.67. The molecule has 0 unspecified atom stereocenters. The summed E-state index contributed by atoms with van der Waals surface area (Å²) < 4.78 is 7.10. The summed E-state index contributed by atoms with van der Waals surface area (Å²) in [6.45, 7) is 6.20. The zero-order valence-electron chi connectivity index (χ0n) is 18.7. The fourth-order valence-electron chi connectivity index (χ4n) is 4.23. The number of benzene rings is 2. The molecule has 166 valence electrons. The van der Waals surface area contributed by atoms with Crippen LogP contribution in [0.4, 0.5) is 5.69 Å². The summed E-state index contributed by atoms with van der Waals surface area (Å²) in [5, 5.41) is 11.3. The van der Waals surface area contributed by atoms with E-state index in [0.29, 0.717) is 0 Å². The van der Waals surface area contributed by atoms with Gasteiger partial charge in [0.2, 0.25) is 0 Å². The Kier molecular flexibility index (Phi) is 6.71. The molecule has 0 saturated carbocycles. The number of ether oxygens (including phenoxy) is 1. The molecule has 0 spiro atoms. The lowest BCUT2D eigenvalue weighted by Gasteiger charge is -2.17. The number of pyridine rings is 1. The molecule has 6 nitrogen and oxygen atoms in total. The number of hydrogen-bond donors (Lipinski definition) is 2. The summed E-state index contributed by atoms with van der Waals surface area (Å²) in [5.41, 5.74) is 5.09. The fourth-order valence-corrected chi connectivity index (χ4v) is 4.23. The van der Waals surface area contributed by atoms with Crippen molar-refractivity contribution in [2.45, 2.75) is 19.8 Å². The van der Waals surface area contributed by atoms with Gasteiger partial charge in [-0.1, -0.05) is 12.1 Å². The van der Waals surface area contributed by atoms with Crippen molar-refractivity contribution >= 4 is 11.9 Å². The Morgan fingerprint density at radius 3 is 2.62 bits per heavy atom. The Bertz CT molecular complexity index is 1160.